The van der Waals surface area contributed by atoms with E-state index in [1.165, 1.54) is 6.07 Å². The average molecular weight is 261 g/mol. The van der Waals surface area contributed by atoms with E-state index in [0.29, 0.717) is 5.69 Å². The minimum Gasteiger partial charge on any atom is -0.375 e. The quantitative estimate of drug-likeness (QED) is 0.917. The molecule has 0 bridgehead atoms. The summed E-state index contributed by atoms with van der Waals surface area (Å²) in [6.07, 6.45) is 1.80. The standard InChI is InChI=1S/C13H12FN3S/c1-8-7-16-13(18-8)9(2)17-12-5-3-4-11(14)10(12)6-15/h3-5,7,9,17H,1-2H3. The van der Waals surface area contributed by atoms with E-state index in [1.54, 1.807) is 29.7 Å². The third-order valence-electron chi connectivity index (χ3n) is 2.51. The van der Waals surface area contributed by atoms with Crippen molar-refractivity contribution in [2.24, 2.45) is 0 Å². The van der Waals surface area contributed by atoms with E-state index in [9.17, 15) is 4.39 Å². The third kappa shape index (κ3) is 2.49. The molecular weight excluding hydrogens is 249 g/mol. The lowest BCUT2D eigenvalue weighted by Crippen LogP contribution is -2.08. The van der Waals surface area contributed by atoms with Gasteiger partial charge >= 0.3 is 0 Å². The van der Waals surface area contributed by atoms with Gasteiger partial charge in [-0.1, -0.05) is 6.07 Å². The molecule has 1 N–H and O–H groups in total. The van der Waals surface area contributed by atoms with Crippen LogP contribution in [0, 0.1) is 24.1 Å². The molecule has 0 saturated heterocycles. The molecule has 0 aliphatic carbocycles. The van der Waals surface area contributed by atoms with Crippen LogP contribution >= 0.6 is 11.3 Å². The van der Waals surface area contributed by atoms with Crippen molar-refractivity contribution in [2.45, 2.75) is 19.9 Å². The summed E-state index contributed by atoms with van der Waals surface area (Å²) in [6, 6.07) is 6.37. The molecule has 0 aliphatic rings. The molecule has 1 heterocycles. The topological polar surface area (TPSA) is 48.7 Å². The number of thiazole rings is 1. The molecule has 18 heavy (non-hydrogen) atoms. The zero-order valence-corrected chi connectivity index (χ0v) is 10.9. The van der Waals surface area contributed by atoms with Crippen LogP contribution in [0.25, 0.3) is 0 Å². The van der Waals surface area contributed by atoms with Crippen molar-refractivity contribution < 1.29 is 4.39 Å². The highest BCUT2D eigenvalue weighted by Crippen LogP contribution is 2.26. The molecule has 0 saturated carbocycles. The van der Waals surface area contributed by atoms with E-state index < -0.39 is 5.82 Å². The summed E-state index contributed by atoms with van der Waals surface area (Å²) >= 11 is 1.58. The van der Waals surface area contributed by atoms with Crippen LogP contribution in [0.15, 0.2) is 24.4 Å². The second-order valence-electron chi connectivity index (χ2n) is 3.95. The Kier molecular flexibility index (Phi) is 3.58. The summed E-state index contributed by atoms with van der Waals surface area (Å²) in [7, 11) is 0. The molecule has 2 rings (SSSR count). The van der Waals surface area contributed by atoms with Crippen LogP contribution in [0.2, 0.25) is 0 Å². The molecule has 92 valence electrons. The monoisotopic (exact) mass is 261 g/mol. The van der Waals surface area contributed by atoms with E-state index >= 15 is 0 Å². The number of hydrogen-bond donors (Lipinski definition) is 1. The lowest BCUT2D eigenvalue weighted by Gasteiger charge is -2.14. The molecule has 5 heteroatoms. The molecule has 3 nitrogen and oxygen atoms in total. The first-order valence-corrected chi connectivity index (χ1v) is 6.31. The Balaban J connectivity index is 2.25. The Morgan fingerprint density at radius 1 is 1.50 bits per heavy atom. The van der Waals surface area contributed by atoms with Gasteiger partial charge in [0.15, 0.2) is 0 Å². The zero-order valence-electron chi connectivity index (χ0n) is 10.1. The predicted octanol–water partition coefficient (Wildman–Crippen LogP) is 3.64. The number of nitriles is 1. The van der Waals surface area contributed by atoms with Crippen molar-refractivity contribution in [1.82, 2.24) is 4.98 Å². The summed E-state index contributed by atoms with van der Waals surface area (Å²) < 4.78 is 13.4. The van der Waals surface area contributed by atoms with E-state index in [1.807, 2.05) is 19.9 Å². The lowest BCUT2D eigenvalue weighted by atomic mass is 10.1. The largest absolute Gasteiger partial charge is 0.375 e. The molecule has 2 aromatic rings. The SMILES string of the molecule is Cc1cnc(C(C)Nc2cccc(F)c2C#N)s1. The molecule has 0 radical (unpaired) electrons. The number of rotatable bonds is 3. The van der Waals surface area contributed by atoms with Crippen LogP contribution in [0.5, 0.6) is 0 Å². The van der Waals surface area contributed by atoms with Crippen LogP contribution in [0.3, 0.4) is 0 Å². The van der Waals surface area contributed by atoms with Crippen molar-refractivity contribution in [3.63, 3.8) is 0 Å². The van der Waals surface area contributed by atoms with Gasteiger partial charge in [-0.3, -0.25) is 0 Å². The number of halogens is 1. The van der Waals surface area contributed by atoms with Gasteiger partial charge in [0.2, 0.25) is 0 Å². The second kappa shape index (κ2) is 5.15. The molecule has 0 amide bonds. The van der Waals surface area contributed by atoms with Gasteiger partial charge in [-0.05, 0) is 26.0 Å². The number of hydrogen-bond acceptors (Lipinski definition) is 4. The molecule has 1 unspecified atom stereocenters. The fourth-order valence-electron chi connectivity index (χ4n) is 1.63. The van der Waals surface area contributed by atoms with Gasteiger partial charge in [0, 0.05) is 11.1 Å². The van der Waals surface area contributed by atoms with Crippen molar-refractivity contribution >= 4 is 17.0 Å². The van der Waals surface area contributed by atoms with E-state index in [2.05, 4.69) is 10.3 Å². The molecule has 1 aromatic carbocycles. The summed E-state index contributed by atoms with van der Waals surface area (Å²) in [6.45, 7) is 3.92. The fraction of sp³-hybridized carbons (Fsp3) is 0.231. The maximum absolute atomic E-state index is 13.4. The normalized spacial score (nSPS) is 11.9. The molecule has 1 atom stereocenters. The molecule has 1 aromatic heterocycles. The Bertz CT molecular complexity index is 601. The molecule has 0 aliphatic heterocycles. The van der Waals surface area contributed by atoms with Gasteiger partial charge in [-0.2, -0.15) is 5.26 Å². The van der Waals surface area contributed by atoms with Gasteiger partial charge in [0.1, 0.15) is 22.5 Å². The van der Waals surface area contributed by atoms with Crippen LogP contribution in [-0.2, 0) is 0 Å². The van der Waals surface area contributed by atoms with E-state index in [-0.39, 0.29) is 11.6 Å². The number of nitrogens with one attached hydrogen (secondary N) is 1. The number of aromatic nitrogens is 1. The highest BCUT2D eigenvalue weighted by Gasteiger charge is 2.13. The van der Waals surface area contributed by atoms with Crippen LogP contribution in [-0.4, -0.2) is 4.98 Å². The van der Waals surface area contributed by atoms with Crippen molar-refractivity contribution in [3.05, 3.63) is 45.7 Å². The summed E-state index contributed by atoms with van der Waals surface area (Å²) in [4.78, 5) is 5.39. The summed E-state index contributed by atoms with van der Waals surface area (Å²) in [5.74, 6) is -0.509. The van der Waals surface area contributed by atoms with Crippen molar-refractivity contribution in [2.75, 3.05) is 5.32 Å². The Morgan fingerprint density at radius 3 is 2.89 bits per heavy atom. The molecule has 0 spiro atoms. The maximum Gasteiger partial charge on any atom is 0.143 e. The zero-order chi connectivity index (χ0) is 13.1. The predicted molar refractivity (Wildman–Crippen MR) is 70.0 cm³/mol. The van der Waals surface area contributed by atoms with E-state index in [0.717, 1.165) is 9.88 Å². The van der Waals surface area contributed by atoms with Gasteiger partial charge in [0.05, 0.1) is 11.7 Å². The minimum absolute atomic E-state index is 0.0395. The third-order valence-corrected chi connectivity index (χ3v) is 3.60. The van der Waals surface area contributed by atoms with Gasteiger partial charge < -0.3 is 5.32 Å². The van der Waals surface area contributed by atoms with Crippen molar-refractivity contribution in [1.29, 1.82) is 5.26 Å². The van der Waals surface area contributed by atoms with Crippen LogP contribution in [0.1, 0.15) is 28.4 Å². The molecule has 0 fully saturated rings. The molecular formula is C13H12FN3S. The van der Waals surface area contributed by atoms with Crippen molar-refractivity contribution in [3.8, 4) is 6.07 Å². The first-order valence-electron chi connectivity index (χ1n) is 5.49. The number of benzene rings is 1. The Labute approximate surface area is 109 Å². The highest BCUT2D eigenvalue weighted by atomic mass is 32.1. The Morgan fingerprint density at radius 2 is 2.28 bits per heavy atom. The Hall–Kier alpha value is -1.93. The summed E-state index contributed by atoms with van der Waals surface area (Å²) in [5.41, 5.74) is 0.537. The van der Waals surface area contributed by atoms with Gasteiger partial charge in [-0.15, -0.1) is 11.3 Å². The van der Waals surface area contributed by atoms with Gasteiger partial charge in [-0.25, -0.2) is 9.37 Å². The number of aryl methyl sites for hydroxylation is 1. The fourth-order valence-corrected chi connectivity index (χ4v) is 2.40. The average Bonchev–Trinajstić information content (AvgIpc) is 2.76. The summed E-state index contributed by atoms with van der Waals surface area (Å²) in [5, 5.41) is 13.0. The first kappa shape index (κ1) is 12.5. The number of nitrogens with zero attached hydrogens (tertiary/aromatic N) is 2. The smallest absolute Gasteiger partial charge is 0.143 e. The van der Waals surface area contributed by atoms with Gasteiger partial charge in [0.25, 0.3) is 0 Å². The lowest BCUT2D eigenvalue weighted by molar-refractivity contribution is 0.624. The van der Waals surface area contributed by atoms with Crippen LogP contribution in [0.4, 0.5) is 10.1 Å². The van der Waals surface area contributed by atoms with E-state index in [4.69, 9.17) is 5.26 Å². The number of anilines is 1. The highest BCUT2D eigenvalue weighted by molar-refractivity contribution is 7.11. The first-order chi connectivity index (χ1) is 8.61. The minimum atomic E-state index is -0.509. The van der Waals surface area contributed by atoms with Crippen LogP contribution < -0.4 is 5.32 Å². The maximum atomic E-state index is 13.4. The second-order valence-corrected chi connectivity index (χ2v) is 5.22.